The molecule has 0 unspecified atom stereocenters. The van der Waals surface area contributed by atoms with Gasteiger partial charge in [-0.25, -0.2) is 9.29 Å². The Morgan fingerprint density at radius 1 is 1.06 bits per heavy atom. The lowest BCUT2D eigenvalue weighted by Crippen LogP contribution is -2.27. The number of carbonyl (C=O) groups is 2. The molecule has 0 N–H and O–H groups in total. The fourth-order valence-corrected chi connectivity index (χ4v) is 5.57. The SMILES string of the molecule is O=C1S/C(=C\c2cc(Br)c(OCc3ccc(F)cc3)c(I)c2)C(=O)N1c1ccccc1. The molecule has 8 heteroatoms. The zero-order chi connectivity index (χ0) is 22.0. The van der Waals surface area contributed by atoms with Crippen molar-refractivity contribution in [2.24, 2.45) is 0 Å². The van der Waals surface area contributed by atoms with Crippen LogP contribution in [0.2, 0.25) is 0 Å². The molecule has 1 aliphatic rings. The van der Waals surface area contributed by atoms with Gasteiger partial charge in [-0.05, 0) is 104 Å². The van der Waals surface area contributed by atoms with E-state index < -0.39 is 0 Å². The largest absolute Gasteiger partial charge is 0.487 e. The number of para-hydroxylation sites is 1. The average Bonchev–Trinajstić information content (AvgIpc) is 3.02. The van der Waals surface area contributed by atoms with E-state index in [-0.39, 0.29) is 17.0 Å². The molecule has 31 heavy (non-hydrogen) atoms. The van der Waals surface area contributed by atoms with Gasteiger partial charge in [0.1, 0.15) is 18.2 Å². The average molecular weight is 610 g/mol. The highest BCUT2D eigenvalue weighted by Crippen LogP contribution is 2.38. The van der Waals surface area contributed by atoms with Crippen molar-refractivity contribution in [3.05, 3.63) is 96.6 Å². The van der Waals surface area contributed by atoms with E-state index >= 15 is 0 Å². The van der Waals surface area contributed by atoms with Crippen molar-refractivity contribution in [1.29, 1.82) is 0 Å². The molecule has 0 saturated carbocycles. The third-order valence-corrected chi connectivity index (χ3v) is 6.68. The van der Waals surface area contributed by atoms with Crippen LogP contribution in [-0.4, -0.2) is 11.1 Å². The third-order valence-electron chi connectivity index (χ3n) is 4.42. The minimum atomic E-state index is -0.344. The molecular weight excluding hydrogens is 596 g/mol. The van der Waals surface area contributed by atoms with Crippen molar-refractivity contribution in [2.45, 2.75) is 6.61 Å². The van der Waals surface area contributed by atoms with Gasteiger partial charge in [0.25, 0.3) is 11.1 Å². The summed E-state index contributed by atoms with van der Waals surface area (Å²) in [4.78, 5) is 26.7. The molecular formula is C23H14BrFINO3S. The fraction of sp³-hybridized carbons (Fsp3) is 0.0435. The standard InChI is InChI=1S/C23H14BrFINO3S/c24-18-10-15(11-19(26)21(18)30-13-14-6-8-16(25)9-7-14)12-20-22(28)27(23(29)31-20)17-4-2-1-3-5-17/h1-12H,13H2/b20-12-. The summed E-state index contributed by atoms with van der Waals surface area (Å²) in [5.74, 6) is 0.0176. The second kappa shape index (κ2) is 9.54. The molecule has 1 heterocycles. The Morgan fingerprint density at radius 3 is 2.45 bits per heavy atom. The minimum absolute atomic E-state index is 0.291. The van der Waals surface area contributed by atoms with Crippen molar-refractivity contribution >= 4 is 73.2 Å². The summed E-state index contributed by atoms with van der Waals surface area (Å²) in [6.45, 7) is 0.296. The first-order valence-corrected chi connectivity index (χ1v) is 11.8. The Kier molecular flexibility index (Phi) is 6.78. The molecule has 0 aliphatic carbocycles. The Labute approximate surface area is 204 Å². The van der Waals surface area contributed by atoms with Crippen LogP contribution < -0.4 is 9.64 Å². The molecule has 4 rings (SSSR count). The van der Waals surface area contributed by atoms with Gasteiger partial charge in [0.2, 0.25) is 0 Å². The molecule has 0 spiro atoms. The number of thioether (sulfide) groups is 1. The molecule has 0 atom stereocenters. The lowest BCUT2D eigenvalue weighted by molar-refractivity contribution is -0.113. The molecule has 0 aromatic heterocycles. The van der Waals surface area contributed by atoms with Gasteiger partial charge in [0, 0.05) is 0 Å². The summed E-state index contributed by atoms with van der Waals surface area (Å²) in [5, 5.41) is -0.324. The number of imide groups is 1. The van der Waals surface area contributed by atoms with Gasteiger partial charge in [-0.1, -0.05) is 30.3 Å². The third kappa shape index (κ3) is 5.02. The summed E-state index contributed by atoms with van der Waals surface area (Å²) in [6.07, 6.45) is 1.70. The smallest absolute Gasteiger partial charge is 0.298 e. The quantitative estimate of drug-likeness (QED) is 0.231. The predicted octanol–water partition coefficient (Wildman–Crippen LogP) is 7.01. The summed E-state index contributed by atoms with van der Waals surface area (Å²) in [7, 11) is 0. The lowest BCUT2D eigenvalue weighted by Gasteiger charge is -2.12. The normalized spacial score (nSPS) is 15.1. The summed E-state index contributed by atoms with van der Waals surface area (Å²) in [5.41, 5.74) is 2.17. The molecule has 4 nitrogen and oxygen atoms in total. The van der Waals surface area contributed by atoms with Crippen LogP contribution in [0.5, 0.6) is 5.75 Å². The van der Waals surface area contributed by atoms with Gasteiger partial charge in [0.15, 0.2) is 0 Å². The molecule has 1 aliphatic heterocycles. The number of carbonyl (C=O) groups excluding carboxylic acids is 2. The second-order valence-electron chi connectivity index (χ2n) is 6.58. The first-order valence-electron chi connectivity index (χ1n) is 9.11. The van der Waals surface area contributed by atoms with Gasteiger partial charge in [0.05, 0.1) is 18.6 Å². The monoisotopic (exact) mass is 609 g/mol. The van der Waals surface area contributed by atoms with Crippen LogP contribution in [0.3, 0.4) is 0 Å². The topological polar surface area (TPSA) is 46.6 Å². The molecule has 0 bridgehead atoms. The highest BCUT2D eigenvalue weighted by molar-refractivity contribution is 14.1. The number of rotatable bonds is 5. The molecule has 1 fully saturated rings. The van der Waals surface area contributed by atoms with E-state index in [1.165, 1.54) is 17.0 Å². The lowest BCUT2D eigenvalue weighted by atomic mass is 10.2. The first-order chi connectivity index (χ1) is 14.9. The van der Waals surface area contributed by atoms with Crippen LogP contribution >= 0.6 is 50.3 Å². The highest BCUT2D eigenvalue weighted by atomic mass is 127. The number of hydrogen-bond donors (Lipinski definition) is 0. The van der Waals surface area contributed by atoms with E-state index in [0.717, 1.165) is 30.9 Å². The van der Waals surface area contributed by atoms with E-state index in [2.05, 4.69) is 38.5 Å². The maximum Gasteiger partial charge on any atom is 0.298 e. The summed E-state index contributed by atoms with van der Waals surface area (Å²) < 4.78 is 20.5. The summed E-state index contributed by atoms with van der Waals surface area (Å²) >= 11 is 6.59. The van der Waals surface area contributed by atoms with Gasteiger partial charge in [-0.2, -0.15) is 0 Å². The molecule has 0 radical (unpaired) electrons. The van der Waals surface area contributed by atoms with Crippen LogP contribution in [0.25, 0.3) is 6.08 Å². The van der Waals surface area contributed by atoms with Gasteiger partial charge in [-0.15, -0.1) is 0 Å². The predicted molar refractivity (Wildman–Crippen MR) is 132 cm³/mol. The second-order valence-corrected chi connectivity index (χ2v) is 9.59. The van der Waals surface area contributed by atoms with Crippen LogP contribution in [-0.2, 0) is 11.4 Å². The number of amides is 2. The van der Waals surface area contributed by atoms with Crippen molar-refractivity contribution < 1.29 is 18.7 Å². The minimum Gasteiger partial charge on any atom is -0.487 e. The van der Waals surface area contributed by atoms with Crippen molar-refractivity contribution in [3.63, 3.8) is 0 Å². The Balaban J connectivity index is 1.54. The Morgan fingerprint density at radius 2 is 1.77 bits per heavy atom. The van der Waals surface area contributed by atoms with Crippen LogP contribution in [0, 0.1) is 9.39 Å². The van der Waals surface area contributed by atoms with E-state index in [1.807, 2.05) is 18.2 Å². The summed E-state index contributed by atoms with van der Waals surface area (Å²) in [6, 6.07) is 18.7. The van der Waals surface area contributed by atoms with Crippen LogP contribution in [0.4, 0.5) is 14.9 Å². The van der Waals surface area contributed by atoms with Crippen LogP contribution in [0.1, 0.15) is 11.1 Å². The Bertz CT molecular complexity index is 1160. The van der Waals surface area contributed by atoms with E-state index in [9.17, 15) is 14.0 Å². The Hall–Kier alpha value is -2.17. The number of ether oxygens (including phenoxy) is 1. The van der Waals surface area contributed by atoms with Crippen LogP contribution in [0.15, 0.2) is 76.1 Å². The van der Waals surface area contributed by atoms with E-state index in [1.54, 1.807) is 42.5 Å². The zero-order valence-electron chi connectivity index (χ0n) is 15.8. The molecule has 3 aromatic carbocycles. The van der Waals surface area contributed by atoms with Gasteiger partial charge >= 0.3 is 0 Å². The zero-order valence-corrected chi connectivity index (χ0v) is 20.4. The highest BCUT2D eigenvalue weighted by Gasteiger charge is 2.36. The number of anilines is 1. The molecule has 1 saturated heterocycles. The van der Waals surface area contributed by atoms with Crippen molar-refractivity contribution in [1.82, 2.24) is 0 Å². The number of nitrogens with zero attached hydrogens (tertiary/aromatic N) is 1. The van der Waals surface area contributed by atoms with E-state index in [0.29, 0.717) is 22.9 Å². The first kappa shape index (κ1) is 22.0. The van der Waals surface area contributed by atoms with Crippen molar-refractivity contribution in [3.8, 4) is 5.75 Å². The molecule has 2 amide bonds. The fourth-order valence-electron chi connectivity index (χ4n) is 2.96. The maximum atomic E-state index is 13.1. The number of hydrogen-bond acceptors (Lipinski definition) is 4. The number of halogens is 3. The van der Waals surface area contributed by atoms with E-state index in [4.69, 9.17) is 4.74 Å². The maximum absolute atomic E-state index is 13.1. The van der Waals surface area contributed by atoms with Gasteiger partial charge in [-0.3, -0.25) is 9.59 Å². The van der Waals surface area contributed by atoms with Crippen molar-refractivity contribution in [2.75, 3.05) is 4.90 Å². The molecule has 156 valence electrons. The van der Waals surface area contributed by atoms with Gasteiger partial charge < -0.3 is 4.74 Å². The molecule has 3 aromatic rings. The number of benzene rings is 3.